The molecule has 16 heavy (non-hydrogen) atoms. The van der Waals surface area contributed by atoms with Crippen molar-refractivity contribution in [3.63, 3.8) is 0 Å². The Morgan fingerprint density at radius 3 is 2.50 bits per heavy atom. The predicted molar refractivity (Wildman–Crippen MR) is 67.1 cm³/mol. The van der Waals surface area contributed by atoms with Crippen molar-refractivity contribution in [3.05, 3.63) is 0 Å². The molecule has 0 aromatic heterocycles. The lowest BCUT2D eigenvalue weighted by molar-refractivity contribution is 0.222. The Bertz CT molecular complexity index is 228. The summed E-state index contributed by atoms with van der Waals surface area (Å²) in [7, 11) is 0. The number of nitrogens with one attached hydrogen (secondary N) is 1. The van der Waals surface area contributed by atoms with E-state index >= 15 is 0 Å². The molecular formula is C13H25N3. The molecular weight excluding hydrogens is 198 g/mol. The first-order valence-electron chi connectivity index (χ1n) is 6.54. The Kier molecular flexibility index (Phi) is 5.79. The molecule has 0 aromatic carbocycles. The number of nitriles is 1. The van der Waals surface area contributed by atoms with Crippen LogP contribution in [-0.2, 0) is 0 Å². The van der Waals surface area contributed by atoms with Gasteiger partial charge in [-0.25, -0.2) is 0 Å². The quantitative estimate of drug-likeness (QED) is 0.684. The Hall–Kier alpha value is -0.590. The molecule has 3 heteroatoms. The van der Waals surface area contributed by atoms with E-state index in [-0.39, 0.29) is 6.04 Å². The van der Waals surface area contributed by atoms with E-state index in [1.807, 2.05) is 0 Å². The molecule has 0 aromatic rings. The van der Waals surface area contributed by atoms with Crippen LogP contribution < -0.4 is 5.32 Å². The molecule has 1 unspecified atom stereocenters. The van der Waals surface area contributed by atoms with Crippen molar-refractivity contribution >= 4 is 0 Å². The Labute approximate surface area is 99.8 Å². The van der Waals surface area contributed by atoms with Crippen molar-refractivity contribution in [1.82, 2.24) is 10.2 Å². The minimum atomic E-state index is -0.000648. The zero-order valence-corrected chi connectivity index (χ0v) is 10.9. The van der Waals surface area contributed by atoms with Gasteiger partial charge in [0.15, 0.2) is 0 Å². The van der Waals surface area contributed by atoms with Crippen molar-refractivity contribution in [2.45, 2.75) is 52.1 Å². The van der Waals surface area contributed by atoms with Crippen LogP contribution >= 0.6 is 0 Å². The Balaban J connectivity index is 2.36. The minimum Gasteiger partial charge on any atom is -0.301 e. The summed E-state index contributed by atoms with van der Waals surface area (Å²) in [6, 6.07) is 3.12. The third kappa shape index (κ3) is 4.96. The molecule has 0 aliphatic heterocycles. The van der Waals surface area contributed by atoms with Crippen LogP contribution in [0.15, 0.2) is 0 Å². The van der Waals surface area contributed by atoms with Crippen LogP contribution in [-0.4, -0.2) is 36.6 Å². The van der Waals surface area contributed by atoms with Crippen molar-refractivity contribution < 1.29 is 0 Å². The van der Waals surface area contributed by atoms with Gasteiger partial charge in [-0.3, -0.25) is 4.90 Å². The van der Waals surface area contributed by atoms with Gasteiger partial charge in [0.1, 0.15) is 6.04 Å². The second-order valence-electron chi connectivity index (χ2n) is 5.21. The Morgan fingerprint density at radius 2 is 2.06 bits per heavy atom. The van der Waals surface area contributed by atoms with Crippen LogP contribution in [0, 0.1) is 17.2 Å². The lowest BCUT2D eigenvalue weighted by Gasteiger charge is -2.26. The van der Waals surface area contributed by atoms with Crippen molar-refractivity contribution in [2.75, 3.05) is 19.6 Å². The van der Waals surface area contributed by atoms with E-state index in [2.05, 4.69) is 37.1 Å². The van der Waals surface area contributed by atoms with Crippen LogP contribution in [0.4, 0.5) is 0 Å². The summed E-state index contributed by atoms with van der Waals surface area (Å²) in [5, 5.41) is 12.4. The third-order valence-corrected chi connectivity index (χ3v) is 2.88. The lowest BCUT2D eigenvalue weighted by Crippen LogP contribution is -2.42. The highest BCUT2D eigenvalue weighted by Gasteiger charge is 2.30. The summed E-state index contributed by atoms with van der Waals surface area (Å²) in [6.07, 6.45) is 3.73. The van der Waals surface area contributed by atoms with E-state index in [4.69, 9.17) is 5.26 Å². The fraction of sp³-hybridized carbons (Fsp3) is 0.923. The smallest absolute Gasteiger partial charge is 0.108 e. The molecule has 0 saturated heterocycles. The van der Waals surface area contributed by atoms with E-state index in [1.165, 1.54) is 12.8 Å². The second-order valence-corrected chi connectivity index (χ2v) is 5.21. The minimum absolute atomic E-state index is 0.000648. The first-order chi connectivity index (χ1) is 7.67. The van der Waals surface area contributed by atoms with Crippen molar-refractivity contribution in [1.29, 1.82) is 5.26 Å². The molecule has 0 heterocycles. The first-order valence-corrected chi connectivity index (χ1v) is 6.54. The highest BCUT2D eigenvalue weighted by molar-refractivity contribution is 4.95. The molecule has 0 amide bonds. The number of nitrogens with zero attached hydrogens (tertiary/aromatic N) is 2. The molecule has 0 spiro atoms. The van der Waals surface area contributed by atoms with Crippen LogP contribution in [0.25, 0.3) is 0 Å². The number of rotatable bonds is 8. The van der Waals surface area contributed by atoms with E-state index < -0.39 is 0 Å². The molecule has 0 bridgehead atoms. The van der Waals surface area contributed by atoms with Gasteiger partial charge in [0.25, 0.3) is 0 Å². The molecule has 1 N–H and O–H groups in total. The second kappa shape index (κ2) is 6.88. The van der Waals surface area contributed by atoms with Crippen molar-refractivity contribution in [3.8, 4) is 6.07 Å². The average molecular weight is 223 g/mol. The van der Waals surface area contributed by atoms with Gasteiger partial charge in [-0.05, 0) is 31.7 Å². The van der Waals surface area contributed by atoms with E-state index in [0.717, 1.165) is 32.1 Å². The summed E-state index contributed by atoms with van der Waals surface area (Å²) in [4.78, 5) is 2.49. The van der Waals surface area contributed by atoms with E-state index in [9.17, 15) is 0 Å². The zero-order chi connectivity index (χ0) is 12.0. The van der Waals surface area contributed by atoms with Gasteiger partial charge in [-0.15, -0.1) is 0 Å². The van der Waals surface area contributed by atoms with Crippen LogP contribution in [0.2, 0.25) is 0 Å². The molecule has 1 atom stereocenters. The largest absolute Gasteiger partial charge is 0.301 e. The molecule has 1 fully saturated rings. The SMILES string of the molecule is CCCNC(C#N)CN(CC(C)C)C1CC1. The number of hydrogen-bond acceptors (Lipinski definition) is 3. The summed E-state index contributed by atoms with van der Waals surface area (Å²) in [5.74, 6) is 0.686. The highest BCUT2D eigenvalue weighted by Crippen LogP contribution is 2.27. The van der Waals surface area contributed by atoms with Gasteiger partial charge >= 0.3 is 0 Å². The molecule has 0 radical (unpaired) electrons. The monoisotopic (exact) mass is 223 g/mol. The maximum atomic E-state index is 9.10. The van der Waals surface area contributed by atoms with E-state index in [1.54, 1.807) is 0 Å². The van der Waals surface area contributed by atoms with Gasteiger partial charge in [0.2, 0.25) is 0 Å². The maximum Gasteiger partial charge on any atom is 0.108 e. The predicted octanol–water partition coefficient (Wildman–Crippen LogP) is 2.00. The third-order valence-electron chi connectivity index (χ3n) is 2.88. The molecule has 1 rings (SSSR count). The van der Waals surface area contributed by atoms with Gasteiger partial charge in [-0.2, -0.15) is 5.26 Å². The summed E-state index contributed by atoms with van der Waals surface area (Å²) in [6.45, 7) is 9.58. The van der Waals surface area contributed by atoms with Gasteiger partial charge in [0, 0.05) is 19.1 Å². The normalized spacial score (nSPS) is 17.8. The average Bonchev–Trinajstić information content (AvgIpc) is 3.05. The topological polar surface area (TPSA) is 39.1 Å². The molecule has 1 aliphatic carbocycles. The first kappa shape index (κ1) is 13.5. The summed E-state index contributed by atoms with van der Waals surface area (Å²) < 4.78 is 0. The summed E-state index contributed by atoms with van der Waals surface area (Å²) >= 11 is 0. The van der Waals surface area contributed by atoms with Gasteiger partial charge in [0.05, 0.1) is 6.07 Å². The Morgan fingerprint density at radius 1 is 1.38 bits per heavy atom. The summed E-state index contributed by atoms with van der Waals surface area (Å²) in [5.41, 5.74) is 0. The zero-order valence-electron chi connectivity index (χ0n) is 10.9. The number of hydrogen-bond donors (Lipinski definition) is 1. The lowest BCUT2D eigenvalue weighted by atomic mass is 10.2. The standard InChI is InChI=1S/C13H25N3/c1-4-7-15-12(8-14)10-16(9-11(2)3)13-5-6-13/h11-13,15H,4-7,9-10H2,1-3H3. The van der Waals surface area contributed by atoms with Crippen LogP contribution in [0.3, 0.4) is 0 Å². The highest BCUT2D eigenvalue weighted by atomic mass is 15.2. The fourth-order valence-corrected chi connectivity index (χ4v) is 1.99. The van der Waals surface area contributed by atoms with Crippen LogP contribution in [0.5, 0.6) is 0 Å². The molecule has 3 nitrogen and oxygen atoms in total. The molecule has 92 valence electrons. The molecule has 1 saturated carbocycles. The fourth-order valence-electron chi connectivity index (χ4n) is 1.99. The van der Waals surface area contributed by atoms with Gasteiger partial charge < -0.3 is 5.32 Å². The van der Waals surface area contributed by atoms with Crippen LogP contribution in [0.1, 0.15) is 40.0 Å². The van der Waals surface area contributed by atoms with Gasteiger partial charge in [-0.1, -0.05) is 20.8 Å². The molecule has 1 aliphatic rings. The van der Waals surface area contributed by atoms with Crippen molar-refractivity contribution in [2.24, 2.45) is 5.92 Å². The maximum absolute atomic E-state index is 9.10. The van der Waals surface area contributed by atoms with E-state index in [0.29, 0.717) is 5.92 Å².